The third-order valence-corrected chi connectivity index (χ3v) is 6.76. The summed E-state index contributed by atoms with van der Waals surface area (Å²) in [5.41, 5.74) is 1.56. The van der Waals surface area contributed by atoms with Gasteiger partial charge in [-0.15, -0.1) is 11.3 Å². The number of hydrogen-bond acceptors (Lipinski definition) is 5. The summed E-state index contributed by atoms with van der Waals surface area (Å²) >= 11 is 1.49. The summed E-state index contributed by atoms with van der Waals surface area (Å²) in [7, 11) is 0. The molecule has 1 heterocycles. The first-order valence-electron chi connectivity index (χ1n) is 10.9. The highest BCUT2D eigenvalue weighted by molar-refractivity contribution is 7.17. The van der Waals surface area contributed by atoms with Crippen molar-refractivity contribution in [1.29, 1.82) is 0 Å². The van der Waals surface area contributed by atoms with E-state index in [1.54, 1.807) is 6.92 Å². The van der Waals surface area contributed by atoms with Crippen molar-refractivity contribution < 1.29 is 19.1 Å². The van der Waals surface area contributed by atoms with Crippen LogP contribution in [0, 0.1) is 0 Å². The number of rotatable bonds is 7. The molecule has 6 heteroatoms. The number of esters is 1. The molecule has 0 fully saturated rings. The highest BCUT2D eigenvalue weighted by atomic mass is 32.1. The van der Waals surface area contributed by atoms with Crippen molar-refractivity contribution in [3.05, 3.63) is 58.5 Å². The van der Waals surface area contributed by atoms with Crippen molar-refractivity contribution in [2.75, 3.05) is 11.9 Å². The lowest BCUT2D eigenvalue weighted by atomic mass is 9.95. The van der Waals surface area contributed by atoms with E-state index >= 15 is 0 Å². The monoisotopic (exact) mass is 437 g/mol. The summed E-state index contributed by atoms with van der Waals surface area (Å²) in [4.78, 5) is 26.9. The first-order valence-corrected chi connectivity index (χ1v) is 11.7. The highest BCUT2D eigenvalue weighted by Crippen LogP contribution is 2.38. The van der Waals surface area contributed by atoms with E-state index in [9.17, 15) is 9.59 Å². The number of hydrogen-bond donors (Lipinski definition) is 1. The van der Waals surface area contributed by atoms with Gasteiger partial charge in [-0.2, -0.15) is 0 Å². The SMILES string of the molecule is CCOC(=O)c1c(NC(=O)[C@H](CC)Oc2ccc3ccccc3c2)sc2c1CCCC2. The van der Waals surface area contributed by atoms with E-state index in [-0.39, 0.29) is 11.9 Å². The molecule has 0 radical (unpaired) electrons. The predicted octanol–water partition coefficient (Wildman–Crippen LogP) is 5.75. The zero-order valence-corrected chi connectivity index (χ0v) is 18.7. The molecule has 0 aliphatic heterocycles. The van der Waals surface area contributed by atoms with Crippen LogP contribution in [0.25, 0.3) is 10.8 Å². The van der Waals surface area contributed by atoms with E-state index in [1.165, 1.54) is 16.2 Å². The van der Waals surface area contributed by atoms with Crippen molar-refractivity contribution in [3.63, 3.8) is 0 Å². The number of fused-ring (bicyclic) bond motifs is 2. The van der Waals surface area contributed by atoms with Crippen LogP contribution in [-0.4, -0.2) is 24.6 Å². The number of aryl methyl sites for hydroxylation is 1. The van der Waals surface area contributed by atoms with Crippen LogP contribution in [0.3, 0.4) is 0 Å². The van der Waals surface area contributed by atoms with Gasteiger partial charge >= 0.3 is 5.97 Å². The van der Waals surface area contributed by atoms with Gasteiger partial charge < -0.3 is 14.8 Å². The lowest BCUT2D eigenvalue weighted by Gasteiger charge is -2.18. The van der Waals surface area contributed by atoms with Gasteiger partial charge in [0.15, 0.2) is 6.10 Å². The van der Waals surface area contributed by atoms with Crippen molar-refractivity contribution in [2.24, 2.45) is 0 Å². The molecule has 4 rings (SSSR count). The molecular weight excluding hydrogens is 410 g/mol. The Morgan fingerprint density at radius 2 is 1.84 bits per heavy atom. The number of anilines is 1. The van der Waals surface area contributed by atoms with E-state index in [1.807, 2.05) is 49.4 Å². The van der Waals surface area contributed by atoms with E-state index in [2.05, 4.69) is 5.32 Å². The average molecular weight is 438 g/mol. The molecule has 162 valence electrons. The molecule has 5 nitrogen and oxygen atoms in total. The van der Waals surface area contributed by atoms with Gasteiger partial charge in [0.25, 0.3) is 5.91 Å². The molecule has 1 aromatic heterocycles. The van der Waals surface area contributed by atoms with Crippen molar-refractivity contribution >= 4 is 39.0 Å². The summed E-state index contributed by atoms with van der Waals surface area (Å²) in [6, 6.07) is 13.8. The summed E-state index contributed by atoms with van der Waals surface area (Å²) in [6.45, 7) is 4.01. The lowest BCUT2D eigenvalue weighted by Crippen LogP contribution is -2.32. The van der Waals surface area contributed by atoms with Gasteiger partial charge in [0.05, 0.1) is 12.2 Å². The molecule has 1 aliphatic rings. The van der Waals surface area contributed by atoms with Gasteiger partial charge in [0, 0.05) is 4.88 Å². The van der Waals surface area contributed by atoms with Crippen LogP contribution in [0.15, 0.2) is 42.5 Å². The molecule has 0 saturated heterocycles. The van der Waals surface area contributed by atoms with Gasteiger partial charge in [0.1, 0.15) is 10.8 Å². The molecule has 2 aromatic carbocycles. The fourth-order valence-electron chi connectivity index (χ4n) is 3.99. The standard InChI is InChI=1S/C25H27NO4S/c1-3-20(30-18-14-13-16-9-5-6-10-17(16)15-18)23(27)26-24-22(25(28)29-4-2)19-11-7-8-12-21(19)31-24/h5-6,9-10,13-15,20H,3-4,7-8,11-12H2,1-2H3,(H,26,27)/t20-/m0/s1. The number of ether oxygens (including phenoxy) is 2. The van der Waals surface area contributed by atoms with Gasteiger partial charge in [-0.1, -0.05) is 37.3 Å². The normalized spacial score (nSPS) is 14.0. The molecule has 1 amide bonds. The number of thiophene rings is 1. The van der Waals surface area contributed by atoms with E-state index in [0.717, 1.165) is 42.0 Å². The largest absolute Gasteiger partial charge is 0.481 e. The second-order valence-electron chi connectivity index (χ2n) is 7.65. The molecule has 1 atom stereocenters. The Kier molecular flexibility index (Phi) is 6.56. The number of amides is 1. The molecule has 0 spiro atoms. The third-order valence-electron chi connectivity index (χ3n) is 5.55. The Bertz CT molecular complexity index is 1100. The molecular formula is C25H27NO4S. The van der Waals surface area contributed by atoms with E-state index in [4.69, 9.17) is 9.47 Å². The predicted molar refractivity (Wildman–Crippen MR) is 124 cm³/mol. The summed E-state index contributed by atoms with van der Waals surface area (Å²) in [5, 5.41) is 5.73. The second-order valence-corrected chi connectivity index (χ2v) is 8.75. The van der Waals surface area contributed by atoms with Gasteiger partial charge in [-0.25, -0.2) is 4.79 Å². The third kappa shape index (κ3) is 4.59. The molecule has 3 aromatic rings. The van der Waals surface area contributed by atoms with Crippen molar-refractivity contribution in [1.82, 2.24) is 0 Å². The lowest BCUT2D eigenvalue weighted by molar-refractivity contribution is -0.122. The van der Waals surface area contributed by atoms with Crippen LogP contribution in [-0.2, 0) is 22.4 Å². The fourth-order valence-corrected chi connectivity index (χ4v) is 5.27. The first-order chi connectivity index (χ1) is 15.1. The van der Waals surface area contributed by atoms with Crippen LogP contribution in [0.2, 0.25) is 0 Å². The fraction of sp³-hybridized carbons (Fsp3) is 0.360. The molecule has 0 bridgehead atoms. The molecule has 0 saturated carbocycles. The minimum Gasteiger partial charge on any atom is -0.481 e. The summed E-state index contributed by atoms with van der Waals surface area (Å²) in [6.07, 6.45) is 3.79. The minimum absolute atomic E-state index is 0.250. The summed E-state index contributed by atoms with van der Waals surface area (Å²) in [5.74, 6) is 0.0392. The number of carbonyl (C=O) groups excluding carboxylic acids is 2. The molecule has 1 N–H and O–H groups in total. The maximum Gasteiger partial charge on any atom is 0.341 e. The highest BCUT2D eigenvalue weighted by Gasteiger charge is 2.29. The van der Waals surface area contributed by atoms with Crippen LogP contribution < -0.4 is 10.1 Å². The first kappa shape index (κ1) is 21.4. The number of nitrogens with one attached hydrogen (secondary N) is 1. The smallest absolute Gasteiger partial charge is 0.341 e. The van der Waals surface area contributed by atoms with E-state index < -0.39 is 6.10 Å². The van der Waals surface area contributed by atoms with Crippen LogP contribution in [0.4, 0.5) is 5.00 Å². The maximum absolute atomic E-state index is 13.1. The summed E-state index contributed by atoms with van der Waals surface area (Å²) < 4.78 is 11.3. The minimum atomic E-state index is -0.657. The van der Waals surface area contributed by atoms with E-state index in [0.29, 0.717) is 29.3 Å². The zero-order chi connectivity index (χ0) is 21.8. The van der Waals surface area contributed by atoms with Crippen molar-refractivity contribution in [3.8, 4) is 5.75 Å². The van der Waals surface area contributed by atoms with Crippen LogP contribution in [0.5, 0.6) is 5.75 Å². The van der Waals surface area contributed by atoms with Crippen molar-refractivity contribution in [2.45, 2.75) is 52.1 Å². The number of benzene rings is 2. The van der Waals surface area contributed by atoms with Gasteiger partial charge in [-0.3, -0.25) is 4.79 Å². The van der Waals surface area contributed by atoms with Gasteiger partial charge in [-0.05, 0) is 67.5 Å². The number of carbonyl (C=O) groups is 2. The van der Waals surface area contributed by atoms with Crippen LogP contribution >= 0.6 is 11.3 Å². The Hall–Kier alpha value is -2.86. The second kappa shape index (κ2) is 9.52. The molecule has 31 heavy (non-hydrogen) atoms. The van der Waals surface area contributed by atoms with Crippen LogP contribution in [0.1, 0.15) is 53.9 Å². The molecule has 0 unspecified atom stereocenters. The van der Waals surface area contributed by atoms with Gasteiger partial charge in [0.2, 0.25) is 0 Å². The Morgan fingerprint density at radius 1 is 1.06 bits per heavy atom. The Morgan fingerprint density at radius 3 is 2.61 bits per heavy atom. The topological polar surface area (TPSA) is 64.6 Å². The quantitative estimate of drug-likeness (QED) is 0.478. The Labute approximate surface area is 186 Å². The zero-order valence-electron chi connectivity index (χ0n) is 17.9. The molecule has 1 aliphatic carbocycles. The Balaban J connectivity index is 1.55. The maximum atomic E-state index is 13.1. The average Bonchev–Trinajstić information content (AvgIpc) is 3.15.